The van der Waals surface area contributed by atoms with Crippen molar-refractivity contribution in [2.75, 3.05) is 62.7 Å². The van der Waals surface area contributed by atoms with Crippen LogP contribution in [0.1, 0.15) is 154 Å². The Balaban J connectivity index is 0.000000471. The van der Waals surface area contributed by atoms with E-state index in [9.17, 15) is 49.6 Å². The van der Waals surface area contributed by atoms with Gasteiger partial charge in [-0.3, -0.25) is 24.0 Å². The number of aromatic nitrogens is 4. The van der Waals surface area contributed by atoms with Crippen molar-refractivity contribution in [2.24, 2.45) is 0 Å². The summed E-state index contributed by atoms with van der Waals surface area (Å²) in [6, 6.07) is 11.1. The van der Waals surface area contributed by atoms with Crippen LogP contribution in [0.25, 0.3) is 28.6 Å². The summed E-state index contributed by atoms with van der Waals surface area (Å²) >= 11 is 0. The zero-order valence-electron chi connectivity index (χ0n) is 55.3. The molecule has 490 valence electrons. The Kier molecular flexibility index (Phi) is 29.9. The topological polar surface area (TPSA) is 258 Å². The Bertz CT molecular complexity index is 3250. The molecular weight excluding hydrogens is 1210 g/mol. The zero-order valence-corrected chi connectivity index (χ0v) is 58.9. The van der Waals surface area contributed by atoms with E-state index in [0.29, 0.717) is 40.1 Å². The minimum Gasteiger partial charge on any atom is -0.469 e. The Morgan fingerprint density at radius 2 is 0.966 bits per heavy atom. The molecule has 0 amide bonds. The molecule has 2 unspecified atom stereocenters. The van der Waals surface area contributed by atoms with Crippen LogP contribution < -0.4 is 8.61 Å². The maximum Gasteiger partial charge on any atom is 0.308 e. The highest BCUT2D eigenvalue weighted by Gasteiger charge is 2.41. The normalized spacial score (nSPS) is 13.7. The number of carbonyl (C=O) groups excluding carboxylic acids is 5. The van der Waals surface area contributed by atoms with E-state index >= 15 is 0 Å². The van der Waals surface area contributed by atoms with Gasteiger partial charge in [-0.2, -0.15) is 0 Å². The second-order valence-corrected chi connectivity index (χ2v) is 38.6. The van der Waals surface area contributed by atoms with E-state index in [4.69, 9.17) is 18.3 Å². The molecule has 0 saturated carbocycles. The third-order valence-electron chi connectivity index (χ3n) is 14.9. The molecule has 0 bridgehead atoms. The standard InChI is InChI=1S/C29H42FN3O6SSi.C16H18FN3O3S.C13H26O4Si.C4H8O/c1-19(2)26-24(16-15-22(34)17-23(18-25(35)38-7)39-41(9,10)29(3,4)5)27(20-11-13-21(30)14-12-20)32-28(31-26)33(6)40(8,36)37;1-10(2)14-13(9-21)15(11-5-7-12(17)8-6-11)19-16(18-14)20(3)24(4,22)23;1-10(14)8-11(9-12(15)16-5)17-18(6,7)13(2,3)4;1-2-4-5-3-1/h11-16,19,23H,17-18H2,1-10H3;5-10H,1-4H3;11H,8-9H2,1-7H3;1-4H2/b16-15+;;;. The van der Waals surface area contributed by atoms with E-state index < -0.39 is 60.4 Å². The average molecular weight is 1310 g/mol. The highest BCUT2D eigenvalue weighted by Crippen LogP contribution is 2.40. The molecule has 1 saturated heterocycles. The number of hydrogen-bond acceptors (Lipinski definition) is 18. The maximum atomic E-state index is 13.7. The van der Waals surface area contributed by atoms with Crippen molar-refractivity contribution in [3.05, 3.63) is 88.8 Å². The minimum atomic E-state index is -3.67. The number of nitrogens with zero attached hydrogens (tertiary/aromatic N) is 6. The van der Waals surface area contributed by atoms with Gasteiger partial charge in [0.25, 0.3) is 0 Å². The van der Waals surface area contributed by atoms with Crippen LogP contribution in [0.3, 0.4) is 0 Å². The van der Waals surface area contributed by atoms with Gasteiger partial charge in [0.15, 0.2) is 28.7 Å². The smallest absolute Gasteiger partial charge is 0.308 e. The minimum absolute atomic E-state index is 0.0302. The van der Waals surface area contributed by atoms with Gasteiger partial charge < -0.3 is 23.1 Å². The number of aldehydes is 1. The summed E-state index contributed by atoms with van der Waals surface area (Å²) in [4.78, 5) is 77.0. The number of esters is 2. The quantitative estimate of drug-likeness (QED) is 0.0289. The molecule has 2 atom stereocenters. The van der Waals surface area contributed by atoms with Crippen molar-refractivity contribution in [3.8, 4) is 22.5 Å². The molecule has 0 radical (unpaired) electrons. The Labute approximate surface area is 523 Å². The van der Waals surface area contributed by atoms with Crippen LogP contribution in [0.15, 0.2) is 54.6 Å². The van der Waals surface area contributed by atoms with Crippen molar-refractivity contribution in [3.63, 3.8) is 0 Å². The lowest BCUT2D eigenvalue weighted by molar-refractivity contribution is -0.144. The van der Waals surface area contributed by atoms with Gasteiger partial charge >= 0.3 is 11.9 Å². The van der Waals surface area contributed by atoms with E-state index in [2.05, 4.69) is 79.3 Å². The number of sulfonamides is 2. The Morgan fingerprint density at radius 3 is 1.26 bits per heavy atom. The molecular formula is C62H94F2N6O14S2Si2. The van der Waals surface area contributed by atoms with Crippen molar-refractivity contribution >= 4 is 84.4 Å². The summed E-state index contributed by atoms with van der Waals surface area (Å²) < 4.78 is 104. The zero-order chi connectivity index (χ0) is 67.5. The number of carbonyl (C=O) groups is 5. The van der Waals surface area contributed by atoms with Crippen molar-refractivity contribution in [2.45, 2.75) is 175 Å². The third-order valence-corrected chi connectivity index (χ3v) is 26.3. The highest BCUT2D eigenvalue weighted by atomic mass is 32.2. The van der Waals surface area contributed by atoms with Gasteiger partial charge in [-0.1, -0.05) is 69.2 Å². The summed E-state index contributed by atoms with van der Waals surface area (Å²) in [6.07, 6.45) is 7.52. The van der Waals surface area contributed by atoms with Gasteiger partial charge in [0.2, 0.25) is 31.9 Å². The van der Waals surface area contributed by atoms with Crippen molar-refractivity contribution in [1.29, 1.82) is 0 Å². The third kappa shape index (κ3) is 24.7. The largest absolute Gasteiger partial charge is 0.469 e. The fourth-order valence-corrected chi connectivity index (χ4v) is 11.1. The molecule has 26 heteroatoms. The first-order valence-electron chi connectivity index (χ1n) is 28.9. The molecule has 88 heavy (non-hydrogen) atoms. The van der Waals surface area contributed by atoms with E-state index in [1.165, 1.54) is 103 Å². The molecule has 2 aromatic heterocycles. The first kappa shape index (κ1) is 78.1. The SMILES string of the molecule is C1CCOC1.CC(C)c1nc(N(C)S(C)(=O)=O)nc(-c2ccc(F)cc2)c1C=O.COC(=O)CC(CC(=O)/C=C/c1c(-c2ccc(F)cc2)nc(N(C)S(C)(=O)=O)nc1C(C)C)O[Si](C)(C)C(C)(C)C.COC(=O)CC(CC(C)=O)O[Si](C)(C)C(C)(C)C. The summed E-state index contributed by atoms with van der Waals surface area (Å²) in [6.45, 7) is 31.9. The van der Waals surface area contributed by atoms with Gasteiger partial charge in [0, 0.05) is 56.8 Å². The number of rotatable bonds is 23. The number of halogens is 2. The molecule has 20 nitrogen and oxygen atoms in total. The molecule has 0 spiro atoms. The van der Waals surface area contributed by atoms with Crippen LogP contribution in [0.5, 0.6) is 0 Å². The molecule has 5 rings (SSSR count). The first-order valence-corrected chi connectivity index (χ1v) is 38.4. The predicted molar refractivity (Wildman–Crippen MR) is 346 cm³/mol. The predicted octanol–water partition coefficient (Wildman–Crippen LogP) is 12.1. The molecule has 1 aliphatic rings. The van der Waals surface area contributed by atoms with Crippen LogP contribution in [-0.2, 0) is 62.3 Å². The second-order valence-electron chi connectivity index (χ2n) is 25.0. The summed E-state index contributed by atoms with van der Waals surface area (Å²) in [7, 11) is -6.18. The number of anilines is 2. The average Bonchev–Trinajstić information content (AvgIpc) is 0.882. The number of allylic oxidation sites excluding steroid dienone is 1. The monoisotopic (exact) mass is 1300 g/mol. The number of ketones is 2. The molecule has 1 fully saturated rings. The van der Waals surface area contributed by atoms with Crippen LogP contribution >= 0.6 is 0 Å². The lowest BCUT2D eigenvalue weighted by Gasteiger charge is -2.39. The number of Topliss-reactive ketones (excluding diaryl/α,β-unsaturated/α-hetero) is 1. The first-order chi connectivity index (χ1) is 40.4. The number of methoxy groups -OCH3 is 2. The lowest BCUT2D eigenvalue weighted by atomic mass is 9.97. The van der Waals surface area contributed by atoms with Crippen LogP contribution in [0.4, 0.5) is 20.7 Å². The molecule has 0 aliphatic carbocycles. The van der Waals surface area contributed by atoms with Crippen LogP contribution in [-0.4, -0.2) is 149 Å². The molecule has 1 aliphatic heterocycles. The van der Waals surface area contributed by atoms with Gasteiger partial charge in [0.1, 0.15) is 17.4 Å². The van der Waals surface area contributed by atoms with E-state index in [1.807, 2.05) is 40.8 Å². The van der Waals surface area contributed by atoms with Gasteiger partial charge in [0.05, 0.1) is 80.1 Å². The Hall–Kier alpha value is -6.04. The second kappa shape index (κ2) is 33.7. The van der Waals surface area contributed by atoms with E-state index in [-0.39, 0.29) is 94.4 Å². The molecule has 4 aromatic rings. The fraction of sp³-hybridized carbons (Fsp3) is 0.565. The van der Waals surface area contributed by atoms with Gasteiger partial charge in [-0.25, -0.2) is 54.2 Å². The maximum absolute atomic E-state index is 13.7. The van der Waals surface area contributed by atoms with Crippen molar-refractivity contribution in [1.82, 2.24) is 19.9 Å². The highest BCUT2D eigenvalue weighted by molar-refractivity contribution is 7.92. The van der Waals surface area contributed by atoms with E-state index in [1.54, 1.807) is 6.08 Å². The lowest BCUT2D eigenvalue weighted by Crippen LogP contribution is -2.44. The summed E-state index contributed by atoms with van der Waals surface area (Å²) in [5, 5.41) is -0.0765. The van der Waals surface area contributed by atoms with Crippen LogP contribution in [0.2, 0.25) is 36.3 Å². The van der Waals surface area contributed by atoms with Crippen LogP contribution in [0, 0.1) is 11.6 Å². The van der Waals surface area contributed by atoms with Gasteiger partial charge in [-0.15, -0.1) is 0 Å². The molecule has 2 aromatic carbocycles. The fourth-order valence-electron chi connectivity index (χ4n) is 7.68. The van der Waals surface area contributed by atoms with Gasteiger partial charge in [-0.05, 0) is 129 Å². The molecule has 3 heterocycles. The summed E-state index contributed by atoms with van der Waals surface area (Å²) in [5.74, 6) is -2.29. The molecule has 0 N–H and O–H groups in total. The number of hydrogen-bond donors (Lipinski definition) is 0. The van der Waals surface area contributed by atoms with E-state index in [0.717, 1.165) is 34.3 Å². The van der Waals surface area contributed by atoms with Crippen molar-refractivity contribution < 1.29 is 72.7 Å². The summed E-state index contributed by atoms with van der Waals surface area (Å²) in [5.41, 5.74) is 3.36. The number of benzene rings is 2. The number of ether oxygens (including phenoxy) is 3. The Morgan fingerprint density at radius 1 is 0.614 bits per heavy atom.